The van der Waals surface area contributed by atoms with Crippen LogP contribution in [0.3, 0.4) is 0 Å². The zero-order valence-corrected chi connectivity index (χ0v) is 16.1. The molecule has 1 aromatic heterocycles. The summed E-state index contributed by atoms with van der Waals surface area (Å²) in [6.07, 6.45) is 2.61. The molecular formula is C18H21N3O3S2. The number of thiazole rings is 1. The fraction of sp³-hybridized carbons (Fsp3) is 0.333. The molecule has 0 radical (unpaired) electrons. The third kappa shape index (κ3) is 4.78. The van der Waals surface area contributed by atoms with E-state index in [0.717, 1.165) is 11.3 Å². The third-order valence-corrected chi connectivity index (χ3v) is 6.71. The Morgan fingerprint density at radius 3 is 2.58 bits per heavy atom. The number of hydrogen-bond donors (Lipinski definition) is 1. The fourth-order valence-electron chi connectivity index (χ4n) is 2.81. The van der Waals surface area contributed by atoms with Gasteiger partial charge in [0, 0.05) is 29.8 Å². The highest BCUT2D eigenvalue weighted by Gasteiger charge is 2.30. The highest BCUT2D eigenvalue weighted by atomic mass is 32.2. The molecule has 0 bridgehead atoms. The third-order valence-electron chi connectivity index (χ3n) is 4.27. The van der Waals surface area contributed by atoms with Gasteiger partial charge in [0.2, 0.25) is 15.9 Å². The number of aromatic nitrogens is 1. The first-order chi connectivity index (χ1) is 12.4. The predicted octanol–water partition coefficient (Wildman–Crippen LogP) is 3.10. The summed E-state index contributed by atoms with van der Waals surface area (Å²) in [5, 5.41) is 6.53. The molecule has 138 valence electrons. The molecule has 1 amide bonds. The van der Waals surface area contributed by atoms with Crippen molar-refractivity contribution in [2.24, 2.45) is 5.92 Å². The quantitative estimate of drug-likeness (QED) is 0.849. The van der Waals surface area contributed by atoms with Crippen LogP contribution in [0, 0.1) is 12.8 Å². The van der Waals surface area contributed by atoms with Crippen molar-refractivity contribution < 1.29 is 13.2 Å². The van der Waals surface area contributed by atoms with Gasteiger partial charge in [-0.3, -0.25) is 4.79 Å². The van der Waals surface area contributed by atoms with E-state index in [1.165, 1.54) is 21.1 Å². The molecule has 0 unspecified atom stereocenters. The SMILES string of the molecule is Cc1csc(NC(=O)C2CCN(S(=O)(=O)/C=C/c3ccccc3)CC2)n1. The number of nitrogens with one attached hydrogen (secondary N) is 1. The first-order valence-electron chi connectivity index (χ1n) is 8.40. The summed E-state index contributed by atoms with van der Waals surface area (Å²) in [5.74, 6) is -0.278. The van der Waals surface area contributed by atoms with Crippen LogP contribution in [0.25, 0.3) is 6.08 Å². The number of benzene rings is 1. The van der Waals surface area contributed by atoms with Crippen molar-refractivity contribution in [3.05, 3.63) is 52.4 Å². The van der Waals surface area contributed by atoms with Crippen LogP contribution >= 0.6 is 11.3 Å². The van der Waals surface area contributed by atoms with Crippen LogP contribution in [-0.2, 0) is 14.8 Å². The number of aryl methyl sites for hydroxylation is 1. The molecule has 3 rings (SSSR count). The van der Waals surface area contributed by atoms with Crippen LogP contribution in [0.4, 0.5) is 5.13 Å². The van der Waals surface area contributed by atoms with E-state index in [-0.39, 0.29) is 11.8 Å². The maximum absolute atomic E-state index is 12.5. The summed E-state index contributed by atoms with van der Waals surface area (Å²) in [7, 11) is -3.48. The Balaban J connectivity index is 1.55. The van der Waals surface area contributed by atoms with Gasteiger partial charge >= 0.3 is 0 Å². The molecule has 8 heteroatoms. The molecule has 1 N–H and O–H groups in total. The van der Waals surface area contributed by atoms with Crippen molar-refractivity contribution in [2.45, 2.75) is 19.8 Å². The van der Waals surface area contributed by atoms with Gasteiger partial charge in [-0.25, -0.2) is 13.4 Å². The summed E-state index contributed by atoms with van der Waals surface area (Å²) in [5.41, 5.74) is 1.71. The molecule has 1 aliphatic rings. The predicted molar refractivity (Wildman–Crippen MR) is 104 cm³/mol. The molecule has 6 nitrogen and oxygen atoms in total. The first-order valence-corrected chi connectivity index (χ1v) is 10.8. The number of anilines is 1. The first kappa shape index (κ1) is 18.8. The van der Waals surface area contributed by atoms with Crippen molar-refractivity contribution in [1.29, 1.82) is 0 Å². The Bertz CT molecular complexity index is 883. The van der Waals surface area contributed by atoms with Gasteiger partial charge in [0.25, 0.3) is 0 Å². The van der Waals surface area contributed by atoms with Gasteiger partial charge in [-0.15, -0.1) is 11.3 Å². The van der Waals surface area contributed by atoms with Crippen LogP contribution < -0.4 is 5.32 Å². The maximum atomic E-state index is 12.5. The van der Waals surface area contributed by atoms with E-state index in [4.69, 9.17) is 0 Å². The minimum absolute atomic E-state index is 0.0868. The highest BCUT2D eigenvalue weighted by molar-refractivity contribution is 7.92. The maximum Gasteiger partial charge on any atom is 0.236 e. The number of nitrogens with zero attached hydrogens (tertiary/aromatic N) is 2. The van der Waals surface area contributed by atoms with Crippen molar-refractivity contribution in [2.75, 3.05) is 18.4 Å². The van der Waals surface area contributed by atoms with E-state index in [9.17, 15) is 13.2 Å². The zero-order chi connectivity index (χ0) is 18.6. The Morgan fingerprint density at radius 1 is 1.27 bits per heavy atom. The zero-order valence-electron chi connectivity index (χ0n) is 14.5. The molecule has 2 aromatic rings. The molecule has 0 atom stereocenters. The minimum atomic E-state index is -3.48. The topological polar surface area (TPSA) is 79.4 Å². The van der Waals surface area contributed by atoms with Crippen molar-refractivity contribution in [1.82, 2.24) is 9.29 Å². The smallest absolute Gasteiger partial charge is 0.236 e. The number of piperidine rings is 1. The number of carbonyl (C=O) groups excluding carboxylic acids is 1. The van der Waals surface area contributed by atoms with Gasteiger partial charge < -0.3 is 5.32 Å². The summed E-state index contributed by atoms with van der Waals surface area (Å²) >= 11 is 1.39. The Hall–Kier alpha value is -2.03. The van der Waals surface area contributed by atoms with Crippen LogP contribution in [-0.4, -0.2) is 36.7 Å². The lowest BCUT2D eigenvalue weighted by molar-refractivity contribution is -0.120. The Morgan fingerprint density at radius 2 is 1.96 bits per heavy atom. The van der Waals surface area contributed by atoms with Gasteiger partial charge in [0.05, 0.1) is 5.69 Å². The van der Waals surface area contributed by atoms with E-state index in [1.807, 2.05) is 42.6 Å². The summed E-state index contributed by atoms with van der Waals surface area (Å²) in [6, 6.07) is 9.31. The average molecular weight is 392 g/mol. The monoisotopic (exact) mass is 391 g/mol. The molecule has 1 aliphatic heterocycles. The Kier molecular flexibility index (Phi) is 5.85. The number of rotatable bonds is 5. The number of hydrogen-bond acceptors (Lipinski definition) is 5. The van der Waals surface area contributed by atoms with Gasteiger partial charge in [-0.1, -0.05) is 30.3 Å². The number of sulfonamides is 1. The molecule has 1 aromatic carbocycles. The lowest BCUT2D eigenvalue weighted by Gasteiger charge is -2.29. The number of amides is 1. The average Bonchev–Trinajstić information content (AvgIpc) is 3.06. The molecule has 26 heavy (non-hydrogen) atoms. The minimum Gasteiger partial charge on any atom is -0.302 e. The van der Waals surface area contributed by atoms with Gasteiger partial charge in [-0.05, 0) is 31.4 Å². The largest absolute Gasteiger partial charge is 0.302 e. The van der Waals surface area contributed by atoms with E-state index in [2.05, 4.69) is 10.3 Å². The molecule has 0 saturated carbocycles. The van der Waals surface area contributed by atoms with E-state index >= 15 is 0 Å². The summed E-state index contributed by atoms with van der Waals surface area (Å²) < 4.78 is 26.4. The number of carbonyl (C=O) groups is 1. The van der Waals surface area contributed by atoms with Crippen molar-refractivity contribution in [3.63, 3.8) is 0 Å². The second-order valence-corrected chi connectivity index (χ2v) is 8.89. The molecule has 1 saturated heterocycles. The standard InChI is InChI=1S/C18H21N3O3S2/c1-14-13-25-18(19-14)20-17(22)16-7-10-21(11-8-16)26(23,24)12-9-15-5-3-2-4-6-15/h2-6,9,12-13,16H,7-8,10-11H2,1H3,(H,19,20,22)/b12-9+. The lowest BCUT2D eigenvalue weighted by atomic mass is 9.97. The molecule has 1 fully saturated rings. The molecule has 2 heterocycles. The van der Waals surface area contributed by atoms with Crippen LogP contribution in [0.5, 0.6) is 0 Å². The van der Waals surface area contributed by atoms with Gasteiger partial charge in [-0.2, -0.15) is 4.31 Å². The Labute approximate surface area is 157 Å². The highest BCUT2D eigenvalue weighted by Crippen LogP contribution is 2.23. The second-order valence-electron chi connectivity index (χ2n) is 6.21. The van der Waals surface area contributed by atoms with Gasteiger partial charge in [0.1, 0.15) is 0 Å². The molecular weight excluding hydrogens is 370 g/mol. The van der Waals surface area contributed by atoms with E-state index < -0.39 is 10.0 Å². The fourth-order valence-corrected chi connectivity index (χ4v) is 4.72. The van der Waals surface area contributed by atoms with Crippen LogP contribution in [0.1, 0.15) is 24.1 Å². The van der Waals surface area contributed by atoms with Crippen molar-refractivity contribution in [3.8, 4) is 0 Å². The van der Waals surface area contributed by atoms with Gasteiger partial charge in [0.15, 0.2) is 5.13 Å². The van der Waals surface area contributed by atoms with Crippen molar-refractivity contribution >= 4 is 38.5 Å². The molecule has 0 aliphatic carbocycles. The van der Waals surface area contributed by atoms with Crippen LogP contribution in [0.15, 0.2) is 41.1 Å². The van der Waals surface area contributed by atoms with Crippen LogP contribution in [0.2, 0.25) is 0 Å². The summed E-state index contributed by atoms with van der Waals surface area (Å²) in [4.78, 5) is 16.5. The molecule has 0 spiro atoms. The van der Waals surface area contributed by atoms with E-state index in [0.29, 0.717) is 31.1 Å². The lowest BCUT2D eigenvalue weighted by Crippen LogP contribution is -2.40. The summed E-state index contributed by atoms with van der Waals surface area (Å²) in [6.45, 7) is 2.56. The van der Waals surface area contributed by atoms with E-state index in [1.54, 1.807) is 6.08 Å². The normalized spacial score (nSPS) is 16.8. The second kappa shape index (κ2) is 8.11.